The van der Waals surface area contributed by atoms with Crippen molar-refractivity contribution in [3.8, 4) is 0 Å². The number of carbonyl (C=O) groups is 1. The van der Waals surface area contributed by atoms with Crippen molar-refractivity contribution in [2.45, 2.75) is 19.9 Å². The fourth-order valence-electron chi connectivity index (χ4n) is 1.71. The lowest BCUT2D eigenvalue weighted by atomic mass is 10.1. The zero-order chi connectivity index (χ0) is 14.0. The van der Waals surface area contributed by atoms with Crippen LogP contribution in [0, 0.1) is 12.7 Å². The van der Waals surface area contributed by atoms with Gasteiger partial charge in [-0.2, -0.15) is 0 Å². The molecule has 0 radical (unpaired) electrons. The van der Waals surface area contributed by atoms with Crippen LogP contribution in [0.1, 0.15) is 33.8 Å². The van der Waals surface area contributed by atoms with Crippen LogP contribution in [0.15, 0.2) is 30.3 Å². The molecule has 1 unspecified atom stereocenters. The normalized spacial score (nSPS) is 12.2. The second-order valence-corrected chi connectivity index (χ2v) is 6.07. The second-order valence-electron chi connectivity index (χ2n) is 4.32. The first kappa shape index (κ1) is 14.0. The van der Waals surface area contributed by atoms with Gasteiger partial charge >= 0.3 is 0 Å². The molecule has 5 heteroatoms. The molecule has 0 bridgehead atoms. The number of benzene rings is 1. The van der Waals surface area contributed by atoms with E-state index in [9.17, 15) is 9.18 Å². The van der Waals surface area contributed by atoms with Gasteiger partial charge in [0.25, 0.3) is 5.91 Å². The van der Waals surface area contributed by atoms with Gasteiger partial charge in [-0.3, -0.25) is 4.79 Å². The molecule has 1 aromatic heterocycles. The number of amides is 1. The monoisotopic (exact) mass is 297 g/mol. The van der Waals surface area contributed by atoms with Gasteiger partial charge in [-0.1, -0.05) is 17.7 Å². The minimum absolute atomic E-state index is 0.0557. The fraction of sp³-hybridized carbons (Fsp3) is 0.214. The largest absolute Gasteiger partial charge is 0.345 e. The third-order valence-electron chi connectivity index (χ3n) is 2.74. The molecular formula is C14H13ClFNOS. The highest BCUT2D eigenvalue weighted by Crippen LogP contribution is 2.26. The highest BCUT2D eigenvalue weighted by atomic mass is 35.5. The van der Waals surface area contributed by atoms with Crippen LogP contribution in [0.4, 0.5) is 4.39 Å². The molecule has 2 nitrogen and oxygen atoms in total. The molecule has 19 heavy (non-hydrogen) atoms. The lowest BCUT2D eigenvalue weighted by Gasteiger charge is -2.12. The first-order valence-electron chi connectivity index (χ1n) is 5.79. The Kier molecular flexibility index (Phi) is 4.22. The molecule has 0 spiro atoms. The molecule has 1 heterocycles. The summed E-state index contributed by atoms with van der Waals surface area (Å²) in [7, 11) is 0. The van der Waals surface area contributed by atoms with Crippen molar-refractivity contribution < 1.29 is 9.18 Å². The van der Waals surface area contributed by atoms with E-state index in [0.717, 1.165) is 10.4 Å². The maximum Gasteiger partial charge on any atom is 0.254 e. The number of hydrogen-bond acceptors (Lipinski definition) is 2. The molecular weight excluding hydrogens is 285 g/mol. The number of nitrogens with one attached hydrogen (secondary N) is 1. The van der Waals surface area contributed by atoms with Crippen LogP contribution in [0.5, 0.6) is 0 Å². The Morgan fingerprint density at radius 2 is 2.11 bits per heavy atom. The van der Waals surface area contributed by atoms with E-state index in [1.165, 1.54) is 23.5 Å². The molecule has 100 valence electrons. The lowest BCUT2D eigenvalue weighted by molar-refractivity contribution is 0.0936. The Balaban J connectivity index is 2.12. The summed E-state index contributed by atoms with van der Waals surface area (Å²) in [5.41, 5.74) is 0.840. The van der Waals surface area contributed by atoms with Crippen LogP contribution in [-0.2, 0) is 0 Å². The van der Waals surface area contributed by atoms with Gasteiger partial charge in [0.2, 0.25) is 0 Å². The molecule has 1 atom stereocenters. The van der Waals surface area contributed by atoms with Crippen molar-refractivity contribution in [2.75, 3.05) is 0 Å². The van der Waals surface area contributed by atoms with Gasteiger partial charge in [-0.05, 0) is 43.7 Å². The molecule has 0 aliphatic rings. The number of rotatable bonds is 3. The minimum Gasteiger partial charge on any atom is -0.345 e. The predicted molar refractivity (Wildman–Crippen MR) is 76.3 cm³/mol. The third kappa shape index (κ3) is 3.33. The summed E-state index contributed by atoms with van der Waals surface area (Å²) in [5, 5.41) is 2.76. The molecule has 0 fully saturated rings. The summed E-state index contributed by atoms with van der Waals surface area (Å²) in [6.07, 6.45) is 0. The number of aryl methyl sites for hydroxylation is 1. The standard InChI is InChI=1S/C14H13ClFNOS/c1-8-3-4-10(11(16)7-8)14(18)17-9(2)12-5-6-13(15)19-12/h3-7,9H,1-2H3,(H,17,18). The van der Waals surface area contributed by atoms with E-state index in [0.29, 0.717) is 4.34 Å². The van der Waals surface area contributed by atoms with Gasteiger partial charge in [-0.15, -0.1) is 11.3 Å². The Hall–Kier alpha value is -1.39. The molecule has 0 aliphatic heterocycles. The molecule has 1 aromatic carbocycles. The smallest absolute Gasteiger partial charge is 0.254 e. The molecule has 2 aromatic rings. The van der Waals surface area contributed by atoms with E-state index in [1.54, 1.807) is 19.1 Å². The van der Waals surface area contributed by atoms with Crippen molar-refractivity contribution in [3.63, 3.8) is 0 Å². The Labute approximate surface area is 120 Å². The zero-order valence-electron chi connectivity index (χ0n) is 10.5. The zero-order valence-corrected chi connectivity index (χ0v) is 12.1. The first-order valence-corrected chi connectivity index (χ1v) is 6.99. The summed E-state index contributed by atoms with van der Waals surface area (Å²) in [6, 6.07) is 7.98. The highest BCUT2D eigenvalue weighted by Gasteiger charge is 2.16. The summed E-state index contributed by atoms with van der Waals surface area (Å²) in [6.45, 7) is 3.62. The fourth-order valence-corrected chi connectivity index (χ4v) is 2.77. The van der Waals surface area contributed by atoms with Crippen LogP contribution in [-0.4, -0.2) is 5.91 Å². The maximum atomic E-state index is 13.7. The topological polar surface area (TPSA) is 29.1 Å². The number of halogens is 2. The van der Waals surface area contributed by atoms with Crippen molar-refractivity contribution in [1.29, 1.82) is 0 Å². The lowest BCUT2D eigenvalue weighted by Crippen LogP contribution is -2.26. The molecule has 1 amide bonds. The quantitative estimate of drug-likeness (QED) is 0.897. The minimum atomic E-state index is -0.506. The van der Waals surface area contributed by atoms with E-state index in [4.69, 9.17) is 11.6 Å². The summed E-state index contributed by atoms with van der Waals surface area (Å²) < 4.78 is 14.3. The van der Waals surface area contributed by atoms with Crippen molar-refractivity contribution in [3.05, 3.63) is 56.5 Å². The molecule has 1 N–H and O–H groups in total. The van der Waals surface area contributed by atoms with Crippen molar-refractivity contribution >= 4 is 28.8 Å². The predicted octanol–water partition coefficient (Wildman–Crippen LogP) is 4.34. The highest BCUT2D eigenvalue weighted by molar-refractivity contribution is 7.16. The van der Waals surface area contributed by atoms with E-state index in [2.05, 4.69) is 5.32 Å². The number of carbonyl (C=O) groups excluding carboxylic acids is 1. The number of hydrogen-bond donors (Lipinski definition) is 1. The molecule has 0 aliphatic carbocycles. The van der Waals surface area contributed by atoms with Gasteiger partial charge in [-0.25, -0.2) is 4.39 Å². The Morgan fingerprint density at radius 3 is 2.68 bits per heavy atom. The molecule has 0 saturated heterocycles. The van der Waals surface area contributed by atoms with Crippen LogP contribution >= 0.6 is 22.9 Å². The van der Waals surface area contributed by atoms with Crippen LogP contribution < -0.4 is 5.32 Å². The Morgan fingerprint density at radius 1 is 1.37 bits per heavy atom. The average molecular weight is 298 g/mol. The first-order chi connectivity index (χ1) is 8.97. The third-order valence-corrected chi connectivity index (χ3v) is 4.15. The SMILES string of the molecule is Cc1ccc(C(=O)NC(C)c2ccc(Cl)s2)c(F)c1. The van der Waals surface area contributed by atoms with E-state index < -0.39 is 11.7 Å². The van der Waals surface area contributed by atoms with Crippen LogP contribution in [0.3, 0.4) is 0 Å². The summed E-state index contributed by atoms with van der Waals surface area (Å²) in [5.74, 6) is -0.927. The molecule has 2 rings (SSSR count). The van der Waals surface area contributed by atoms with Gasteiger partial charge < -0.3 is 5.32 Å². The molecule has 0 saturated carbocycles. The summed E-state index contributed by atoms with van der Waals surface area (Å²) >= 11 is 7.24. The van der Waals surface area contributed by atoms with Crippen molar-refractivity contribution in [2.24, 2.45) is 0 Å². The van der Waals surface area contributed by atoms with Crippen LogP contribution in [0.25, 0.3) is 0 Å². The van der Waals surface area contributed by atoms with Crippen molar-refractivity contribution in [1.82, 2.24) is 5.32 Å². The van der Waals surface area contributed by atoms with Gasteiger partial charge in [0.05, 0.1) is 15.9 Å². The number of thiophene rings is 1. The summed E-state index contributed by atoms with van der Waals surface area (Å²) in [4.78, 5) is 12.9. The van der Waals surface area contributed by atoms with Crippen LogP contribution in [0.2, 0.25) is 4.34 Å². The Bertz CT molecular complexity index is 611. The van der Waals surface area contributed by atoms with E-state index >= 15 is 0 Å². The van der Waals surface area contributed by atoms with E-state index in [-0.39, 0.29) is 11.6 Å². The average Bonchev–Trinajstić information content (AvgIpc) is 2.75. The maximum absolute atomic E-state index is 13.7. The van der Waals surface area contributed by atoms with Gasteiger partial charge in [0, 0.05) is 4.88 Å². The van der Waals surface area contributed by atoms with Gasteiger partial charge in [0.1, 0.15) is 5.82 Å². The van der Waals surface area contributed by atoms with E-state index in [1.807, 2.05) is 13.0 Å². The second kappa shape index (κ2) is 5.72. The van der Waals surface area contributed by atoms with Gasteiger partial charge in [0.15, 0.2) is 0 Å².